The van der Waals surface area contributed by atoms with Gasteiger partial charge in [-0.1, -0.05) is 0 Å². The first-order chi connectivity index (χ1) is 14.0. The average Bonchev–Trinajstić information content (AvgIpc) is 3.32. The van der Waals surface area contributed by atoms with Crippen molar-refractivity contribution < 1.29 is 13.9 Å². The van der Waals surface area contributed by atoms with Crippen molar-refractivity contribution in [1.82, 2.24) is 9.88 Å². The zero-order valence-corrected chi connectivity index (χ0v) is 17.8. The Morgan fingerprint density at radius 3 is 2.86 bits per heavy atom. The number of aryl methyl sites for hydroxylation is 1. The van der Waals surface area contributed by atoms with E-state index in [-0.39, 0.29) is 0 Å². The lowest BCUT2D eigenvalue weighted by Gasteiger charge is -2.19. The Hall–Kier alpha value is -2.08. The zero-order valence-electron chi connectivity index (χ0n) is 17.8. The van der Waals surface area contributed by atoms with Crippen molar-refractivity contribution in [3.63, 3.8) is 0 Å². The van der Waals surface area contributed by atoms with E-state index < -0.39 is 6.17 Å². The van der Waals surface area contributed by atoms with Crippen LogP contribution in [0.3, 0.4) is 0 Å². The Labute approximate surface area is 172 Å². The predicted octanol–water partition coefficient (Wildman–Crippen LogP) is 4.37. The second-order valence-electron chi connectivity index (χ2n) is 8.47. The third-order valence-electron chi connectivity index (χ3n) is 5.82. The first-order valence-electron chi connectivity index (χ1n) is 10.8. The molecule has 0 amide bonds. The summed E-state index contributed by atoms with van der Waals surface area (Å²) < 4.78 is 25.0. The second-order valence-corrected chi connectivity index (χ2v) is 8.47. The maximum Gasteiger partial charge on any atom is 0.163 e. The summed E-state index contributed by atoms with van der Waals surface area (Å²) in [5, 5.41) is 4.73. The first-order valence-corrected chi connectivity index (χ1v) is 10.8. The molecule has 0 unspecified atom stereocenters. The highest BCUT2D eigenvalue weighted by molar-refractivity contribution is 5.96. The van der Waals surface area contributed by atoms with Gasteiger partial charge < -0.3 is 19.7 Å². The monoisotopic (exact) mass is 401 g/mol. The number of benzene rings is 1. The molecule has 1 aliphatic heterocycles. The molecule has 1 saturated heterocycles. The summed E-state index contributed by atoms with van der Waals surface area (Å²) in [5.41, 5.74) is 4.69. The van der Waals surface area contributed by atoms with E-state index in [1.165, 1.54) is 16.9 Å². The molecule has 1 atom stereocenters. The summed E-state index contributed by atoms with van der Waals surface area (Å²) in [5.74, 6) is 1.46. The molecule has 1 aliphatic carbocycles. The number of rotatable bonds is 8. The highest BCUT2D eigenvalue weighted by Crippen LogP contribution is 2.39. The van der Waals surface area contributed by atoms with E-state index in [4.69, 9.17) is 14.5 Å². The second kappa shape index (κ2) is 8.74. The van der Waals surface area contributed by atoms with Crippen molar-refractivity contribution in [2.45, 2.75) is 58.2 Å². The molecule has 1 aromatic carbocycles. The van der Waals surface area contributed by atoms with Crippen molar-refractivity contribution in [3.05, 3.63) is 23.4 Å². The Kier molecular flexibility index (Phi) is 6.09. The fourth-order valence-corrected chi connectivity index (χ4v) is 4.45. The van der Waals surface area contributed by atoms with Crippen LogP contribution >= 0.6 is 0 Å². The number of alkyl halides is 1. The minimum atomic E-state index is -0.669. The van der Waals surface area contributed by atoms with Gasteiger partial charge in [-0.3, -0.25) is 4.98 Å². The SMILES string of the molecule is COc1cc2c(NC(C)C)c3c(nc2cc1OCCCN1CC[C@H](F)C1)CCC3. The average molecular weight is 402 g/mol. The summed E-state index contributed by atoms with van der Waals surface area (Å²) >= 11 is 0. The van der Waals surface area contributed by atoms with E-state index in [1.54, 1.807) is 7.11 Å². The Balaban J connectivity index is 1.54. The molecule has 29 heavy (non-hydrogen) atoms. The number of ether oxygens (including phenoxy) is 2. The van der Waals surface area contributed by atoms with E-state index in [0.717, 1.165) is 61.2 Å². The quantitative estimate of drug-likeness (QED) is 0.666. The number of likely N-dealkylation sites (tertiary alicyclic amines) is 1. The molecule has 5 nitrogen and oxygen atoms in total. The van der Waals surface area contributed by atoms with Gasteiger partial charge in [0.25, 0.3) is 0 Å². The highest BCUT2D eigenvalue weighted by atomic mass is 19.1. The zero-order chi connectivity index (χ0) is 20.4. The Morgan fingerprint density at radius 2 is 2.14 bits per heavy atom. The molecule has 2 aromatic rings. The van der Waals surface area contributed by atoms with Crippen LogP contribution in [0.25, 0.3) is 10.9 Å². The smallest absolute Gasteiger partial charge is 0.163 e. The number of fused-ring (bicyclic) bond motifs is 2. The summed E-state index contributed by atoms with van der Waals surface area (Å²) in [4.78, 5) is 7.10. The molecule has 6 heteroatoms. The van der Waals surface area contributed by atoms with Crippen LogP contribution in [-0.2, 0) is 12.8 Å². The number of nitrogens with zero attached hydrogens (tertiary/aromatic N) is 2. The minimum Gasteiger partial charge on any atom is -0.493 e. The largest absolute Gasteiger partial charge is 0.493 e. The third-order valence-corrected chi connectivity index (χ3v) is 5.82. The van der Waals surface area contributed by atoms with Crippen LogP contribution in [0.4, 0.5) is 10.1 Å². The number of methoxy groups -OCH3 is 1. The molecule has 0 spiro atoms. The molecular weight excluding hydrogens is 369 g/mol. The van der Waals surface area contributed by atoms with Gasteiger partial charge >= 0.3 is 0 Å². The third kappa shape index (κ3) is 4.42. The van der Waals surface area contributed by atoms with Gasteiger partial charge in [0.15, 0.2) is 11.5 Å². The fourth-order valence-electron chi connectivity index (χ4n) is 4.45. The van der Waals surface area contributed by atoms with Crippen LogP contribution in [0.5, 0.6) is 11.5 Å². The Morgan fingerprint density at radius 1 is 1.28 bits per heavy atom. The topological polar surface area (TPSA) is 46.6 Å². The van der Waals surface area contributed by atoms with E-state index in [1.807, 2.05) is 6.07 Å². The van der Waals surface area contributed by atoms with Gasteiger partial charge in [0.05, 0.1) is 19.2 Å². The molecule has 0 radical (unpaired) electrons. The number of hydrogen-bond acceptors (Lipinski definition) is 5. The molecule has 0 bridgehead atoms. The lowest BCUT2D eigenvalue weighted by molar-refractivity contribution is 0.243. The lowest BCUT2D eigenvalue weighted by Crippen LogP contribution is -2.23. The first kappa shape index (κ1) is 20.2. The van der Waals surface area contributed by atoms with Crippen molar-refractivity contribution in [1.29, 1.82) is 0 Å². The molecule has 1 aromatic heterocycles. The van der Waals surface area contributed by atoms with Crippen LogP contribution < -0.4 is 14.8 Å². The molecule has 1 fully saturated rings. The molecule has 2 heterocycles. The summed E-state index contributed by atoms with van der Waals surface area (Å²) in [6.45, 7) is 7.17. The van der Waals surface area contributed by atoms with Gasteiger partial charge in [-0.25, -0.2) is 4.39 Å². The van der Waals surface area contributed by atoms with Crippen molar-refractivity contribution >= 4 is 16.6 Å². The molecule has 158 valence electrons. The van der Waals surface area contributed by atoms with E-state index in [9.17, 15) is 4.39 Å². The number of hydrogen-bond donors (Lipinski definition) is 1. The standard InChI is InChI=1S/C23H32FN3O2/c1-15(2)25-23-17-6-4-7-19(17)26-20-13-22(21(28-3)12-18(20)23)29-11-5-9-27-10-8-16(24)14-27/h12-13,15-16H,4-11,14H2,1-3H3,(H,25,26)/t16-/m0/s1. The Bertz CT molecular complexity index is 871. The molecule has 0 saturated carbocycles. The van der Waals surface area contributed by atoms with Gasteiger partial charge in [-0.05, 0) is 57.6 Å². The lowest BCUT2D eigenvalue weighted by atomic mass is 10.1. The van der Waals surface area contributed by atoms with Crippen LogP contribution in [0.1, 0.15) is 44.4 Å². The summed E-state index contributed by atoms with van der Waals surface area (Å²) in [6.07, 6.45) is 4.11. The number of aromatic nitrogens is 1. The van der Waals surface area contributed by atoms with Crippen molar-refractivity contribution in [3.8, 4) is 11.5 Å². The van der Waals surface area contributed by atoms with E-state index in [0.29, 0.717) is 25.6 Å². The van der Waals surface area contributed by atoms with Gasteiger partial charge in [0, 0.05) is 48.5 Å². The van der Waals surface area contributed by atoms with Crippen molar-refractivity contribution in [2.24, 2.45) is 0 Å². The predicted molar refractivity (Wildman–Crippen MR) is 115 cm³/mol. The minimum absolute atomic E-state index is 0.349. The number of nitrogens with one attached hydrogen (secondary N) is 1. The number of anilines is 1. The van der Waals surface area contributed by atoms with Crippen LogP contribution in [0.2, 0.25) is 0 Å². The van der Waals surface area contributed by atoms with Crippen LogP contribution in [-0.4, -0.2) is 55.4 Å². The highest BCUT2D eigenvalue weighted by Gasteiger charge is 2.23. The van der Waals surface area contributed by atoms with Gasteiger partial charge in [-0.2, -0.15) is 0 Å². The van der Waals surface area contributed by atoms with Crippen molar-refractivity contribution in [2.75, 3.05) is 38.7 Å². The molecule has 4 rings (SSSR count). The molecular formula is C23H32FN3O2. The maximum absolute atomic E-state index is 13.3. The fraction of sp³-hybridized carbons (Fsp3) is 0.609. The number of pyridine rings is 1. The van der Waals surface area contributed by atoms with Gasteiger partial charge in [-0.15, -0.1) is 0 Å². The molecule has 1 N–H and O–H groups in total. The van der Waals surface area contributed by atoms with E-state index in [2.05, 4.69) is 30.1 Å². The maximum atomic E-state index is 13.3. The van der Waals surface area contributed by atoms with Crippen LogP contribution in [0.15, 0.2) is 12.1 Å². The van der Waals surface area contributed by atoms with E-state index >= 15 is 0 Å². The molecule has 2 aliphatic rings. The summed E-state index contributed by atoms with van der Waals surface area (Å²) in [6, 6.07) is 4.41. The van der Waals surface area contributed by atoms with Gasteiger partial charge in [0.2, 0.25) is 0 Å². The number of halogens is 1. The van der Waals surface area contributed by atoms with Crippen LogP contribution in [0, 0.1) is 0 Å². The van der Waals surface area contributed by atoms with Gasteiger partial charge in [0.1, 0.15) is 6.17 Å². The normalized spacial score (nSPS) is 19.1. The summed E-state index contributed by atoms with van der Waals surface area (Å²) in [7, 11) is 1.68.